The van der Waals surface area contributed by atoms with Crippen LogP contribution in [0.4, 0.5) is 4.79 Å². The number of hydrogen-bond donors (Lipinski definition) is 2. The quantitative estimate of drug-likeness (QED) is 0.458. The Labute approximate surface area is 108 Å². The van der Waals surface area contributed by atoms with Crippen LogP contribution in [0.1, 0.15) is 12.8 Å². The van der Waals surface area contributed by atoms with Crippen molar-refractivity contribution in [3.8, 4) is 0 Å². The Hall–Kier alpha value is -0.490. The van der Waals surface area contributed by atoms with Gasteiger partial charge in [-0.15, -0.1) is 24.8 Å². The minimum atomic E-state index is -0.287. The van der Waals surface area contributed by atoms with E-state index < -0.39 is 0 Å². The van der Waals surface area contributed by atoms with Crippen molar-refractivity contribution in [2.75, 3.05) is 19.7 Å². The summed E-state index contributed by atoms with van der Waals surface area (Å²) in [7, 11) is 0. The number of hydrogen-bond acceptors (Lipinski definition) is 4. The smallest absolute Gasteiger partial charge is 0.410 e. The lowest BCUT2D eigenvalue weighted by Crippen LogP contribution is -2.50. The average molecular weight is 272 g/mol. The van der Waals surface area contributed by atoms with E-state index in [1.807, 2.05) is 0 Å². The van der Waals surface area contributed by atoms with Crippen molar-refractivity contribution in [3.05, 3.63) is 12.7 Å². The number of likely N-dealkylation sites (tertiary alicyclic amines) is 1. The van der Waals surface area contributed by atoms with Crippen molar-refractivity contribution in [2.45, 2.75) is 18.9 Å². The third-order valence-electron chi connectivity index (χ3n) is 2.24. The Morgan fingerprint density at radius 1 is 1.62 bits per heavy atom. The fourth-order valence-electron chi connectivity index (χ4n) is 1.50. The lowest BCUT2D eigenvalue weighted by atomic mass is 10.1. The molecule has 0 aromatic carbocycles. The predicted octanol–water partition coefficient (Wildman–Crippen LogP) is 1.08. The van der Waals surface area contributed by atoms with Crippen LogP contribution in [0, 0.1) is 0 Å². The maximum atomic E-state index is 11.4. The largest absolute Gasteiger partial charge is 0.445 e. The molecular weight excluding hydrogens is 253 g/mol. The fraction of sp³-hybridized carbons (Fsp3) is 0.667. The molecule has 1 rings (SSSR count). The van der Waals surface area contributed by atoms with Gasteiger partial charge < -0.3 is 9.64 Å². The number of hydrazine groups is 1. The van der Waals surface area contributed by atoms with E-state index in [4.69, 9.17) is 10.6 Å². The Morgan fingerprint density at radius 3 is 2.88 bits per heavy atom. The molecule has 1 atom stereocenters. The standard InChI is InChI=1S/C9H17N3O2.2ClH/c1-2-6-14-9(13)12-5-3-4-8(7-12)11-10;;/h2,8,11H,1,3-7,10H2;2*1H. The van der Waals surface area contributed by atoms with Crippen molar-refractivity contribution in [2.24, 2.45) is 5.84 Å². The number of carbonyl (C=O) groups is 1. The average Bonchev–Trinajstić information content (AvgIpc) is 2.26. The highest BCUT2D eigenvalue weighted by molar-refractivity contribution is 5.85. The molecule has 0 aromatic rings. The molecule has 1 aliphatic rings. The predicted molar refractivity (Wildman–Crippen MR) is 68.0 cm³/mol. The molecular formula is C9H19Cl2N3O2. The Kier molecular flexibility index (Phi) is 10.9. The minimum absolute atomic E-state index is 0. The van der Waals surface area contributed by atoms with Crippen molar-refractivity contribution in [1.29, 1.82) is 0 Å². The van der Waals surface area contributed by atoms with E-state index >= 15 is 0 Å². The number of nitrogens with two attached hydrogens (primary N) is 1. The van der Waals surface area contributed by atoms with E-state index in [-0.39, 0.29) is 43.6 Å². The van der Waals surface area contributed by atoms with Crippen LogP contribution >= 0.6 is 24.8 Å². The number of amides is 1. The first-order chi connectivity index (χ1) is 6.77. The van der Waals surface area contributed by atoms with E-state index in [9.17, 15) is 4.79 Å². The monoisotopic (exact) mass is 271 g/mol. The summed E-state index contributed by atoms with van der Waals surface area (Å²) in [5.74, 6) is 5.32. The van der Waals surface area contributed by atoms with Gasteiger partial charge in [0.1, 0.15) is 6.61 Å². The van der Waals surface area contributed by atoms with E-state index in [0.29, 0.717) is 6.54 Å². The van der Waals surface area contributed by atoms with Crippen molar-refractivity contribution < 1.29 is 9.53 Å². The number of nitrogens with zero attached hydrogens (tertiary/aromatic N) is 1. The van der Waals surface area contributed by atoms with Crippen LogP contribution in [0.5, 0.6) is 0 Å². The highest BCUT2D eigenvalue weighted by Crippen LogP contribution is 2.10. The molecule has 0 bridgehead atoms. The second kappa shape index (κ2) is 9.72. The summed E-state index contributed by atoms with van der Waals surface area (Å²) in [4.78, 5) is 13.1. The maximum Gasteiger partial charge on any atom is 0.410 e. The fourth-order valence-corrected chi connectivity index (χ4v) is 1.50. The van der Waals surface area contributed by atoms with Gasteiger partial charge in [0.25, 0.3) is 0 Å². The number of piperidine rings is 1. The molecule has 96 valence electrons. The Balaban J connectivity index is 0. The molecule has 7 heteroatoms. The molecule has 0 radical (unpaired) electrons. The lowest BCUT2D eigenvalue weighted by Gasteiger charge is -2.31. The third-order valence-corrected chi connectivity index (χ3v) is 2.24. The number of rotatable bonds is 3. The maximum absolute atomic E-state index is 11.4. The van der Waals surface area contributed by atoms with Crippen molar-refractivity contribution >= 4 is 30.9 Å². The van der Waals surface area contributed by atoms with Crippen LogP contribution in [0.15, 0.2) is 12.7 Å². The molecule has 1 heterocycles. The summed E-state index contributed by atoms with van der Waals surface area (Å²) in [5.41, 5.74) is 2.68. The number of halogens is 2. The Bertz CT molecular complexity index is 217. The molecule has 16 heavy (non-hydrogen) atoms. The topological polar surface area (TPSA) is 67.6 Å². The normalized spacial score (nSPS) is 19.1. The van der Waals surface area contributed by atoms with Crippen LogP contribution in [0.2, 0.25) is 0 Å². The van der Waals surface area contributed by atoms with Crippen LogP contribution in [0.25, 0.3) is 0 Å². The van der Waals surface area contributed by atoms with Gasteiger partial charge in [0.2, 0.25) is 0 Å². The first kappa shape index (κ1) is 17.9. The van der Waals surface area contributed by atoms with Gasteiger partial charge in [-0.25, -0.2) is 4.79 Å². The lowest BCUT2D eigenvalue weighted by molar-refractivity contribution is 0.0975. The van der Waals surface area contributed by atoms with Gasteiger partial charge >= 0.3 is 6.09 Å². The second-order valence-electron chi connectivity index (χ2n) is 3.32. The summed E-state index contributed by atoms with van der Waals surface area (Å²) in [6, 6.07) is 0.181. The first-order valence-corrected chi connectivity index (χ1v) is 4.76. The van der Waals surface area contributed by atoms with E-state index in [0.717, 1.165) is 19.4 Å². The van der Waals surface area contributed by atoms with Gasteiger partial charge in [-0.1, -0.05) is 12.7 Å². The minimum Gasteiger partial charge on any atom is -0.445 e. The van der Waals surface area contributed by atoms with E-state index in [2.05, 4.69) is 12.0 Å². The number of carbonyl (C=O) groups excluding carboxylic acids is 1. The number of nitrogens with one attached hydrogen (secondary N) is 1. The second-order valence-corrected chi connectivity index (χ2v) is 3.32. The van der Waals surface area contributed by atoms with E-state index in [1.54, 1.807) is 11.0 Å². The Morgan fingerprint density at radius 2 is 2.31 bits per heavy atom. The first-order valence-electron chi connectivity index (χ1n) is 4.76. The van der Waals surface area contributed by atoms with Crippen LogP contribution in [0.3, 0.4) is 0 Å². The van der Waals surface area contributed by atoms with Gasteiger partial charge in [0.15, 0.2) is 0 Å². The van der Waals surface area contributed by atoms with E-state index in [1.165, 1.54) is 0 Å². The molecule has 0 aliphatic carbocycles. The van der Waals surface area contributed by atoms with Gasteiger partial charge in [-0.3, -0.25) is 11.3 Å². The van der Waals surface area contributed by atoms with Crippen molar-refractivity contribution in [1.82, 2.24) is 10.3 Å². The molecule has 3 N–H and O–H groups in total. The van der Waals surface area contributed by atoms with Crippen LogP contribution in [-0.2, 0) is 4.74 Å². The van der Waals surface area contributed by atoms with Crippen LogP contribution < -0.4 is 11.3 Å². The molecule has 0 spiro atoms. The zero-order valence-corrected chi connectivity index (χ0v) is 10.7. The SMILES string of the molecule is C=CCOC(=O)N1CCCC(NN)C1.Cl.Cl. The number of ether oxygens (including phenoxy) is 1. The van der Waals surface area contributed by atoms with Gasteiger partial charge in [-0.05, 0) is 12.8 Å². The summed E-state index contributed by atoms with van der Waals surface area (Å²) in [6.07, 6.45) is 3.23. The highest BCUT2D eigenvalue weighted by Gasteiger charge is 2.23. The molecule has 0 aromatic heterocycles. The summed E-state index contributed by atoms with van der Waals surface area (Å²) in [5, 5.41) is 0. The summed E-state index contributed by atoms with van der Waals surface area (Å²) in [6.45, 7) is 5.10. The van der Waals surface area contributed by atoms with Gasteiger partial charge in [0, 0.05) is 19.1 Å². The molecule has 1 saturated heterocycles. The van der Waals surface area contributed by atoms with Crippen molar-refractivity contribution in [3.63, 3.8) is 0 Å². The molecule has 1 aliphatic heterocycles. The zero-order chi connectivity index (χ0) is 10.4. The zero-order valence-electron chi connectivity index (χ0n) is 9.05. The summed E-state index contributed by atoms with van der Waals surface area (Å²) >= 11 is 0. The highest BCUT2D eigenvalue weighted by atomic mass is 35.5. The molecule has 1 fully saturated rings. The van der Waals surface area contributed by atoms with Gasteiger partial charge in [0.05, 0.1) is 0 Å². The molecule has 1 amide bonds. The van der Waals surface area contributed by atoms with Crippen LogP contribution in [-0.4, -0.2) is 36.7 Å². The molecule has 5 nitrogen and oxygen atoms in total. The molecule has 1 unspecified atom stereocenters. The third kappa shape index (κ3) is 5.55. The summed E-state index contributed by atoms with van der Waals surface area (Å²) < 4.78 is 4.92. The van der Waals surface area contributed by atoms with Gasteiger partial charge in [-0.2, -0.15) is 0 Å². The molecule has 0 saturated carbocycles.